The number of aryl methyl sites for hydroxylation is 1. The van der Waals surface area contributed by atoms with Crippen molar-refractivity contribution in [3.8, 4) is 11.4 Å². The van der Waals surface area contributed by atoms with Crippen molar-refractivity contribution in [3.05, 3.63) is 46.7 Å². The van der Waals surface area contributed by atoms with E-state index >= 15 is 0 Å². The molecule has 0 saturated carbocycles. The molecule has 19 heavy (non-hydrogen) atoms. The monoisotopic (exact) mass is 323 g/mol. The molecule has 0 spiro atoms. The maximum atomic E-state index is 13.5. The molecule has 0 N–H and O–H groups in total. The first kappa shape index (κ1) is 12.2. The van der Waals surface area contributed by atoms with E-state index in [1.807, 2.05) is 0 Å². The van der Waals surface area contributed by atoms with Crippen LogP contribution < -0.4 is 0 Å². The van der Waals surface area contributed by atoms with Gasteiger partial charge in [0.2, 0.25) is 0 Å². The van der Waals surface area contributed by atoms with Crippen LogP contribution in [0, 0.1) is 11.6 Å². The number of benzene rings is 1. The average Bonchev–Trinajstić information content (AvgIpc) is 2.68. The molecule has 96 valence electrons. The van der Waals surface area contributed by atoms with Gasteiger partial charge >= 0.3 is 0 Å². The van der Waals surface area contributed by atoms with Gasteiger partial charge in [-0.15, -0.1) is 0 Å². The lowest BCUT2D eigenvalue weighted by Crippen LogP contribution is -1.94. The van der Waals surface area contributed by atoms with Crippen LogP contribution in [0.15, 0.2) is 35.1 Å². The van der Waals surface area contributed by atoms with Crippen molar-refractivity contribution < 1.29 is 8.78 Å². The smallest absolute Gasteiger partial charge is 0.142 e. The molecule has 0 atom stereocenters. The molecule has 0 aliphatic carbocycles. The fraction of sp³-hybridized carbons (Fsp3) is 0.0769. The fourth-order valence-corrected chi connectivity index (χ4v) is 2.31. The Labute approximate surface area is 116 Å². The molecule has 0 unspecified atom stereocenters. The predicted octanol–water partition coefficient (Wildman–Crippen LogP) is 3.68. The third-order valence-corrected chi connectivity index (χ3v) is 3.49. The van der Waals surface area contributed by atoms with Gasteiger partial charge in [0.15, 0.2) is 0 Å². The Balaban J connectivity index is 2.28. The lowest BCUT2D eigenvalue weighted by Gasteiger charge is -2.02. The van der Waals surface area contributed by atoms with Crippen molar-refractivity contribution >= 4 is 27.0 Å². The Bertz CT molecular complexity index is 783. The number of nitrogens with zero attached hydrogens (tertiary/aromatic N) is 3. The first-order valence-electron chi connectivity index (χ1n) is 5.48. The summed E-state index contributed by atoms with van der Waals surface area (Å²) in [5.74, 6) is -0.254. The van der Waals surface area contributed by atoms with Crippen molar-refractivity contribution in [3.63, 3.8) is 0 Å². The van der Waals surface area contributed by atoms with Gasteiger partial charge in [-0.25, -0.2) is 13.8 Å². The van der Waals surface area contributed by atoms with Crippen LogP contribution in [0.5, 0.6) is 0 Å². The van der Waals surface area contributed by atoms with E-state index in [0.717, 1.165) is 6.20 Å². The van der Waals surface area contributed by atoms with Crippen molar-refractivity contribution in [2.45, 2.75) is 0 Å². The summed E-state index contributed by atoms with van der Waals surface area (Å²) in [4.78, 5) is 8.18. The predicted molar refractivity (Wildman–Crippen MR) is 71.6 cm³/mol. The summed E-state index contributed by atoms with van der Waals surface area (Å²) >= 11 is 3.12. The summed E-state index contributed by atoms with van der Waals surface area (Å²) in [6, 6.07) is 4.34. The third kappa shape index (κ3) is 2.02. The molecular formula is C13H8BrF2N3. The first-order valence-corrected chi connectivity index (χ1v) is 6.28. The number of fused-ring (bicyclic) bond motifs is 1. The van der Waals surface area contributed by atoms with Crippen molar-refractivity contribution in [2.75, 3.05) is 0 Å². The van der Waals surface area contributed by atoms with Crippen LogP contribution in [-0.4, -0.2) is 14.5 Å². The average molecular weight is 324 g/mol. The first-order chi connectivity index (χ1) is 9.06. The zero-order valence-corrected chi connectivity index (χ0v) is 11.4. The van der Waals surface area contributed by atoms with Crippen molar-refractivity contribution in [1.82, 2.24) is 14.5 Å². The van der Waals surface area contributed by atoms with Crippen LogP contribution in [0.3, 0.4) is 0 Å². The van der Waals surface area contributed by atoms with Gasteiger partial charge in [-0.05, 0) is 28.1 Å². The summed E-state index contributed by atoms with van der Waals surface area (Å²) in [5, 5.41) is 0. The largest absolute Gasteiger partial charge is 0.327 e. The van der Waals surface area contributed by atoms with Crippen molar-refractivity contribution in [2.24, 2.45) is 7.05 Å². The van der Waals surface area contributed by atoms with Gasteiger partial charge < -0.3 is 4.57 Å². The molecule has 0 aliphatic heterocycles. The minimum atomic E-state index is -0.433. The van der Waals surface area contributed by atoms with Gasteiger partial charge in [-0.3, -0.25) is 4.98 Å². The highest BCUT2D eigenvalue weighted by Crippen LogP contribution is 2.27. The Morgan fingerprint density at radius 3 is 2.68 bits per heavy atom. The lowest BCUT2D eigenvalue weighted by molar-refractivity contribution is 0.621. The molecular weight excluding hydrogens is 316 g/mol. The molecule has 2 aromatic heterocycles. The quantitative estimate of drug-likeness (QED) is 0.684. The fourth-order valence-electron chi connectivity index (χ4n) is 1.98. The summed E-state index contributed by atoms with van der Waals surface area (Å²) < 4.78 is 28.8. The normalized spacial score (nSPS) is 11.2. The van der Waals surface area contributed by atoms with Gasteiger partial charge in [0.25, 0.3) is 0 Å². The van der Waals surface area contributed by atoms with E-state index in [1.54, 1.807) is 17.7 Å². The summed E-state index contributed by atoms with van der Waals surface area (Å²) in [6.07, 6.45) is 2.65. The molecule has 1 aromatic carbocycles. The second-order valence-corrected chi connectivity index (χ2v) is 5.00. The van der Waals surface area contributed by atoms with E-state index in [0.29, 0.717) is 26.9 Å². The maximum Gasteiger partial charge on any atom is 0.142 e. The molecule has 0 amide bonds. The standard InChI is InChI=1S/C13H8BrF2N3/c1-19-12-4-10(16)9(14)3-11(12)18-13(19)7-2-8(15)6-17-5-7/h2-6H,1H3. The van der Waals surface area contributed by atoms with E-state index in [1.165, 1.54) is 18.3 Å². The zero-order valence-electron chi connectivity index (χ0n) is 9.86. The van der Waals surface area contributed by atoms with Gasteiger partial charge in [0.1, 0.15) is 17.5 Å². The molecule has 0 bridgehead atoms. The highest BCUT2D eigenvalue weighted by Gasteiger charge is 2.13. The third-order valence-electron chi connectivity index (χ3n) is 2.89. The van der Waals surface area contributed by atoms with E-state index in [9.17, 15) is 8.78 Å². The minimum absolute atomic E-state index is 0.349. The molecule has 3 aromatic rings. The van der Waals surface area contributed by atoms with Crippen LogP contribution in [-0.2, 0) is 7.05 Å². The number of hydrogen-bond donors (Lipinski definition) is 0. The van der Waals surface area contributed by atoms with E-state index in [4.69, 9.17) is 0 Å². The van der Waals surface area contributed by atoms with E-state index in [-0.39, 0.29) is 5.82 Å². The van der Waals surface area contributed by atoms with E-state index < -0.39 is 5.82 Å². The van der Waals surface area contributed by atoms with E-state index in [2.05, 4.69) is 25.9 Å². The molecule has 0 radical (unpaired) electrons. The lowest BCUT2D eigenvalue weighted by atomic mass is 10.2. The van der Waals surface area contributed by atoms with Gasteiger partial charge in [0, 0.05) is 24.9 Å². The Morgan fingerprint density at radius 1 is 1.16 bits per heavy atom. The molecule has 3 nitrogen and oxygen atoms in total. The maximum absolute atomic E-state index is 13.5. The molecule has 6 heteroatoms. The number of rotatable bonds is 1. The summed E-state index contributed by atoms with van der Waals surface area (Å²) in [7, 11) is 1.75. The number of imidazole rings is 1. The number of aromatic nitrogens is 3. The highest BCUT2D eigenvalue weighted by molar-refractivity contribution is 9.10. The van der Waals surface area contributed by atoms with Crippen LogP contribution in [0.4, 0.5) is 8.78 Å². The molecule has 0 aliphatic rings. The molecule has 0 fully saturated rings. The topological polar surface area (TPSA) is 30.7 Å². The number of hydrogen-bond acceptors (Lipinski definition) is 2. The van der Waals surface area contributed by atoms with Crippen LogP contribution >= 0.6 is 15.9 Å². The second kappa shape index (κ2) is 4.38. The number of pyridine rings is 1. The van der Waals surface area contributed by atoms with Gasteiger partial charge in [-0.1, -0.05) is 0 Å². The zero-order chi connectivity index (χ0) is 13.6. The summed E-state index contributed by atoms with van der Waals surface area (Å²) in [5.41, 5.74) is 1.82. The minimum Gasteiger partial charge on any atom is -0.327 e. The Kier molecular flexibility index (Phi) is 2.82. The molecule has 0 saturated heterocycles. The van der Waals surface area contributed by atoms with Crippen molar-refractivity contribution in [1.29, 1.82) is 0 Å². The van der Waals surface area contributed by atoms with Crippen LogP contribution in [0.2, 0.25) is 0 Å². The Hall–Kier alpha value is -1.82. The molecule has 3 rings (SSSR count). The Morgan fingerprint density at radius 2 is 1.95 bits per heavy atom. The number of halogens is 3. The SMILES string of the molecule is Cn1c(-c2cncc(F)c2)nc2cc(Br)c(F)cc21. The van der Waals surface area contributed by atoms with Gasteiger partial charge in [0.05, 0.1) is 21.7 Å². The highest BCUT2D eigenvalue weighted by atomic mass is 79.9. The second-order valence-electron chi connectivity index (χ2n) is 4.14. The summed E-state index contributed by atoms with van der Waals surface area (Å²) in [6.45, 7) is 0. The van der Waals surface area contributed by atoms with Crippen LogP contribution in [0.25, 0.3) is 22.4 Å². The molecule has 2 heterocycles. The van der Waals surface area contributed by atoms with Gasteiger partial charge in [-0.2, -0.15) is 0 Å². The van der Waals surface area contributed by atoms with Crippen LogP contribution in [0.1, 0.15) is 0 Å².